The third kappa shape index (κ3) is 14.7. The predicted molar refractivity (Wildman–Crippen MR) is 83.1 cm³/mol. The highest BCUT2D eigenvalue weighted by molar-refractivity contribution is 7.86. The molecule has 0 rings (SSSR count). The van der Waals surface area contributed by atoms with E-state index in [0.29, 0.717) is 12.8 Å². The maximum absolute atomic E-state index is 10.6. The lowest BCUT2D eigenvalue weighted by molar-refractivity contribution is 0.478. The maximum atomic E-state index is 10.6. The van der Waals surface area contributed by atoms with Gasteiger partial charge in [-0.2, -0.15) is 16.8 Å². The molecule has 9 heteroatoms. The first-order valence-corrected chi connectivity index (χ1v) is 11.9. The molecule has 0 aromatic rings. The predicted octanol–water partition coefficient (Wildman–Crippen LogP) is 2.21. The van der Waals surface area contributed by atoms with E-state index in [-0.39, 0.29) is 19.4 Å². The summed E-state index contributed by atoms with van der Waals surface area (Å²) in [5.41, 5.74) is 0. The second-order valence-corrected chi connectivity index (χ2v) is 10.7. The molecule has 0 radical (unpaired) electrons. The van der Waals surface area contributed by atoms with Crippen LogP contribution in [-0.2, 0) is 20.2 Å². The van der Waals surface area contributed by atoms with Gasteiger partial charge in [0.15, 0.2) is 0 Å². The van der Waals surface area contributed by atoms with Gasteiger partial charge in [0.05, 0.1) is 11.5 Å². The Balaban J connectivity index is 3.86. The molecular weight excluding hydrogens is 323 g/mol. The van der Waals surface area contributed by atoms with Gasteiger partial charge in [0, 0.05) is 0 Å². The van der Waals surface area contributed by atoms with Gasteiger partial charge in [-0.15, -0.1) is 7.92 Å². The monoisotopic (exact) mass is 348 g/mol. The molecular formula is C11H25O6PS2. The van der Waals surface area contributed by atoms with Gasteiger partial charge in [-0.05, 0) is 44.2 Å². The molecule has 0 spiro atoms. The van der Waals surface area contributed by atoms with Crippen molar-refractivity contribution in [3.05, 3.63) is 0 Å². The van der Waals surface area contributed by atoms with Crippen molar-refractivity contribution in [3.8, 4) is 0 Å². The number of hydrogen-bond donors (Lipinski definition) is 2. The van der Waals surface area contributed by atoms with E-state index in [4.69, 9.17) is 9.11 Å². The lowest BCUT2D eigenvalue weighted by Gasteiger charge is -2.16. The highest BCUT2D eigenvalue weighted by Gasteiger charge is 2.10. The van der Waals surface area contributed by atoms with Crippen molar-refractivity contribution in [1.29, 1.82) is 0 Å². The Hall–Kier alpha value is 0.250. The summed E-state index contributed by atoms with van der Waals surface area (Å²) in [5.74, 6) is -0.379. The molecule has 0 aromatic carbocycles. The standard InChI is InChI=1S/C11H25O6PS2/c1-2-7-18(8-3-5-10-19(12,13)14)9-4-6-11-20(15,16)17/h2-11H2,1H3,(H,12,13,14)(H,15,16,17). The van der Waals surface area contributed by atoms with Crippen LogP contribution in [0, 0.1) is 0 Å². The summed E-state index contributed by atoms with van der Waals surface area (Å²) in [6.07, 6.45) is 6.51. The fourth-order valence-electron chi connectivity index (χ4n) is 1.89. The third-order valence-corrected chi connectivity index (χ3v) is 7.38. The SMILES string of the molecule is CCCP(CCCCS(=O)(=O)O)CCCCS(=O)(=O)O. The zero-order chi connectivity index (χ0) is 15.6. The Labute approximate surface area is 123 Å². The van der Waals surface area contributed by atoms with Crippen molar-refractivity contribution in [1.82, 2.24) is 0 Å². The van der Waals surface area contributed by atoms with E-state index in [2.05, 4.69) is 6.92 Å². The van der Waals surface area contributed by atoms with Gasteiger partial charge in [-0.1, -0.05) is 13.3 Å². The average molecular weight is 348 g/mol. The molecule has 6 nitrogen and oxygen atoms in total. The van der Waals surface area contributed by atoms with E-state index in [1.807, 2.05) is 0 Å². The molecule has 0 aromatic heterocycles. The maximum Gasteiger partial charge on any atom is 0.264 e. The molecule has 122 valence electrons. The van der Waals surface area contributed by atoms with E-state index in [9.17, 15) is 16.8 Å². The Morgan fingerprint density at radius 3 is 1.45 bits per heavy atom. The summed E-state index contributed by atoms with van der Waals surface area (Å²) >= 11 is 0. The van der Waals surface area contributed by atoms with Crippen LogP contribution < -0.4 is 0 Å². The van der Waals surface area contributed by atoms with Crippen molar-refractivity contribution in [2.24, 2.45) is 0 Å². The summed E-state index contributed by atoms with van der Waals surface area (Å²) < 4.78 is 59.6. The molecule has 0 saturated carbocycles. The molecule has 0 amide bonds. The van der Waals surface area contributed by atoms with Gasteiger partial charge < -0.3 is 0 Å². The van der Waals surface area contributed by atoms with Crippen molar-refractivity contribution < 1.29 is 25.9 Å². The lowest BCUT2D eigenvalue weighted by atomic mass is 10.4. The van der Waals surface area contributed by atoms with Crippen LogP contribution in [0.25, 0.3) is 0 Å². The average Bonchev–Trinajstić information content (AvgIpc) is 2.27. The second kappa shape index (κ2) is 10.1. The number of hydrogen-bond acceptors (Lipinski definition) is 4. The Morgan fingerprint density at radius 1 is 0.750 bits per heavy atom. The quantitative estimate of drug-likeness (QED) is 0.318. The fourth-order valence-corrected chi connectivity index (χ4v) is 5.67. The molecule has 20 heavy (non-hydrogen) atoms. The van der Waals surface area contributed by atoms with Crippen LogP contribution in [0.4, 0.5) is 0 Å². The summed E-state index contributed by atoms with van der Waals surface area (Å²) in [5, 5.41) is 0. The van der Waals surface area contributed by atoms with Crippen LogP contribution >= 0.6 is 7.92 Å². The minimum absolute atomic E-state index is 0.189. The van der Waals surface area contributed by atoms with Gasteiger partial charge >= 0.3 is 0 Å². The first-order valence-electron chi connectivity index (χ1n) is 6.76. The van der Waals surface area contributed by atoms with Crippen molar-refractivity contribution in [3.63, 3.8) is 0 Å². The largest absolute Gasteiger partial charge is 0.286 e. The Morgan fingerprint density at radius 2 is 1.15 bits per heavy atom. The summed E-state index contributed by atoms with van der Waals surface area (Å²) in [4.78, 5) is 0. The summed E-state index contributed by atoms with van der Waals surface area (Å²) in [6, 6.07) is 0. The molecule has 0 heterocycles. The minimum Gasteiger partial charge on any atom is -0.286 e. The van der Waals surface area contributed by atoms with Crippen LogP contribution in [-0.4, -0.2) is 55.9 Å². The second-order valence-electron chi connectivity index (χ2n) is 4.83. The highest BCUT2D eigenvalue weighted by atomic mass is 32.2. The van der Waals surface area contributed by atoms with E-state index < -0.39 is 20.2 Å². The molecule has 0 bridgehead atoms. The molecule has 0 atom stereocenters. The van der Waals surface area contributed by atoms with Crippen molar-refractivity contribution >= 4 is 28.2 Å². The Bertz CT molecular complexity index is 406. The minimum atomic E-state index is -3.86. The number of rotatable bonds is 12. The first-order chi connectivity index (χ1) is 9.14. The van der Waals surface area contributed by atoms with Gasteiger partial charge in [-0.3, -0.25) is 9.11 Å². The zero-order valence-electron chi connectivity index (χ0n) is 11.9. The van der Waals surface area contributed by atoms with Crippen molar-refractivity contribution in [2.75, 3.05) is 30.0 Å². The summed E-state index contributed by atoms with van der Waals surface area (Å²) in [6.45, 7) is 2.09. The van der Waals surface area contributed by atoms with E-state index in [1.54, 1.807) is 0 Å². The van der Waals surface area contributed by atoms with Crippen LogP contribution in [0.3, 0.4) is 0 Å². The zero-order valence-corrected chi connectivity index (χ0v) is 14.4. The van der Waals surface area contributed by atoms with Crippen molar-refractivity contribution in [2.45, 2.75) is 39.0 Å². The molecule has 0 aliphatic carbocycles. The van der Waals surface area contributed by atoms with Crippen LogP contribution in [0.15, 0.2) is 0 Å². The third-order valence-electron chi connectivity index (χ3n) is 2.79. The molecule has 0 aliphatic rings. The highest BCUT2D eigenvalue weighted by Crippen LogP contribution is 2.38. The topological polar surface area (TPSA) is 109 Å². The molecule has 0 fully saturated rings. The molecule has 0 unspecified atom stereocenters. The van der Waals surface area contributed by atoms with Gasteiger partial charge in [0.2, 0.25) is 0 Å². The van der Waals surface area contributed by atoms with E-state index in [1.165, 1.54) is 0 Å². The fraction of sp³-hybridized carbons (Fsp3) is 1.00. The number of unbranched alkanes of at least 4 members (excludes halogenated alkanes) is 2. The van der Waals surface area contributed by atoms with Crippen LogP contribution in [0.1, 0.15) is 39.0 Å². The molecule has 0 aliphatic heterocycles. The smallest absolute Gasteiger partial charge is 0.264 e. The van der Waals surface area contributed by atoms with Crippen LogP contribution in [0.5, 0.6) is 0 Å². The molecule has 0 saturated heterocycles. The molecule has 2 N–H and O–H groups in total. The Kier molecular flexibility index (Phi) is 10.2. The van der Waals surface area contributed by atoms with Gasteiger partial charge in [0.25, 0.3) is 20.2 Å². The lowest BCUT2D eigenvalue weighted by Crippen LogP contribution is -2.06. The normalized spacial score (nSPS) is 13.0. The van der Waals surface area contributed by atoms with Gasteiger partial charge in [0.1, 0.15) is 0 Å². The van der Waals surface area contributed by atoms with Crippen LogP contribution in [0.2, 0.25) is 0 Å². The summed E-state index contributed by atoms with van der Waals surface area (Å²) in [7, 11) is -7.93. The first kappa shape index (κ1) is 20.2. The van der Waals surface area contributed by atoms with E-state index >= 15 is 0 Å². The van der Waals surface area contributed by atoms with Gasteiger partial charge in [-0.25, -0.2) is 0 Å². The van der Waals surface area contributed by atoms with E-state index in [0.717, 1.165) is 37.7 Å².